The maximum Gasteiger partial charge on any atom is 0.244 e. The Kier molecular flexibility index (Phi) is 5.87. The molecule has 4 nitrogen and oxygen atoms in total. The topological polar surface area (TPSA) is 46.6 Å². The summed E-state index contributed by atoms with van der Waals surface area (Å²) in [6, 6.07) is 3.48. The molecule has 118 valence electrons. The summed E-state index contributed by atoms with van der Waals surface area (Å²) >= 11 is 6.77. The van der Waals surface area contributed by atoms with Crippen molar-refractivity contribution in [1.29, 1.82) is 0 Å². The van der Waals surface area contributed by atoms with Crippen LogP contribution < -0.4 is 0 Å². The van der Waals surface area contributed by atoms with Crippen LogP contribution in [-0.4, -0.2) is 38.5 Å². The highest BCUT2D eigenvalue weighted by atomic mass is 79.9. The van der Waals surface area contributed by atoms with Gasteiger partial charge in [0.05, 0.1) is 11.0 Å². The van der Waals surface area contributed by atoms with E-state index in [1.807, 2.05) is 19.9 Å². The van der Waals surface area contributed by atoms with E-state index >= 15 is 0 Å². The number of aryl methyl sites for hydroxylation is 1. The summed E-state index contributed by atoms with van der Waals surface area (Å²) in [6.07, 6.45) is 1.93. The molecule has 0 radical (unpaired) electrons. The van der Waals surface area contributed by atoms with E-state index in [2.05, 4.69) is 31.9 Å². The fourth-order valence-electron chi connectivity index (χ4n) is 2.38. The summed E-state index contributed by atoms with van der Waals surface area (Å²) in [7, 11) is -3.53. The number of likely N-dealkylation sites (N-methyl/N-ethyl adjacent to an activating group) is 1. The number of nitrogens with zero attached hydrogens (tertiary/aromatic N) is 1. The van der Waals surface area contributed by atoms with Crippen LogP contribution in [0.3, 0.4) is 0 Å². The number of benzene rings is 1. The molecule has 0 spiro atoms. The first-order valence-corrected chi connectivity index (χ1v) is 9.96. The lowest BCUT2D eigenvalue weighted by Crippen LogP contribution is -2.37. The Bertz CT molecular complexity index is 613. The minimum Gasteiger partial charge on any atom is -0.377 e. The van der Waals surface area contributed by atoms with E-state index in [1.165, 1.54) is 4.31 Å². The van der Waals surface area contributed by atoms with Gasteiger partial charge >= 0.3 is 0 Å². The number of hydrogen-bond donors (Lipinski definition) is 0. The molecule has 7 heteroatoms. The average Bonchev–Trinajstić information content (AvgIpc) is 2.92. The molecule has 0 N–H and O–H groups in total. The van der Waals surface area contributed by atoms with E-state index in [1.54, 1.807) is 6.07 Å². The SMILES string of the molecule is CCN(CC1CCCO1)S(=O)(=O)c1cc(Br)c(C)cc1Br. The lowest BCUT2D eigenvalue weighted by molar-refractivity contribution is 0.0946. The third kappa shape index (κ3) is 3.88. The molecule has 1 aliphatic rings. The Morgan fingerprint density at radius 3 is 2.62 bits per heavy atom. The van der Waals surface area contributed by atoms with Crippen LogP contribution in [0.15, 0.2) is 26.0 Å². The first-order chi connectivity index (χ1) is 9.86. The quantitative estimate of drug-likeness (QED) is 0.700. The second kappa shape index (κ2) is 7.08. The van der Waals surface area contributed by atoms with Crippen LogP contribution in [-0.2, 0) is 14.8 Å². The Balaban J connectivity index is 2.32. The largest absolute Gasteiger partial charge is 0.377 e. The number of sulfonamides is 1. The van der Waals surface area contributed by atoms with E-state index in [0.717, 1.165) is 29.5 Å². The summed E-state index contributed by atoms with van der Waals surface area (Å²) in [6.45, 7) is 5.35. The third-order valence-electron chi connectivity index (χ3n) is 3.61. The number of ether oxygens (including phenoxy) is 1. The van der Waals surface area contributed by atoms with Gasteiger partial charge in [-0.05, 0) is 53.4 Å². The number of rotatable bonds is 5. The summed E-state index contributed by atoms with van der Waals surface area (Å²) in [4.78, 5) is 0.292. The molecule has 1 atom stereocenters. The van der Waals surface area contributed by atoms with E-state index in [9.17, 15) is 8.42 Å². The van der Waals surface area contributed by atoms with Crippen LogP contribution in [0, 0.1) is 6.92 Å². The van der Waals surface area contributed by atoms with Crippen molar-refractivity contribution >= 4 is 41.9 Å². The van der Waals surface area contributed by atoms with Gasteiger partial charge in [-0.15, -0.1) is 0 Å². The molecule has 1 aromatic rings. The van der Waals surface area contributed by atoms with Crippen molar-refractivity contribution in [3.8, 4) is 0 Å². The molecule has 0 saturated carbocycles. The first kappa shape index (κ1) is 17.4. The van der Waals surface area contributed by atoms with Gasteiger partial charge in [-0.1, -0.05) is 22.9 Å². The lowest BCUT2D eigenvalue weighted by atomic mass is 10.2. The van der Waals surface area contributed by atoms with Crippen LogP contribution in [0.5, 0.6) is 0 Å². The molecule has 0 aliphatic carbocycles. The molecule has 2 rings (SSSR count). The predicted octanol–water partition coefficient (Wildman–Crippen LogP) is 3.71. The van der Waals surface area contributed by atoms with Crippen molar-refractivity contribution < 1.29 is 13.2 Å². The van der Waals surface area contributed by atoms with Gasteiger partial charge in [0.2, 0.25) is 10.0 Å². The Hall–Kier alpha value is 0.0500. The molecule has 0 bridgehead atoms. The molecular formula is C14H19Br2NO3S. The highest BCUT2D eigenvalue weighted by Crippen LogP contribution is 2.31. The minimum absolute atomic E-state index is 0.00684. The van der Waals surface area contributed by atoms with E-state index < -0.39 is 10.0 Å². The van der Waals surface area contributed by atoms with Crippen LogP contribution in [0.25, 0.3) is 0 Å². The zero-order valence-electron chi connectivity index (χ0n) is 12.1. The molecule has 1 heterocycles. The molecule has 1 unspecified atom stereocenters. The lowest BCUT2D eigenvalue weighted by Gasteiger charge is -2.24. The van der Waals surface area contributed by atoms with Gasteiger partial charge in [0.25, 0.3) is 0 Å². The van der Waals surface area contributed by atoms with Crippen LogP contribution in [0.2, 0.25) is 0 Å². The summed E-state index contributed by atoms with van der Waals surface area (Å²) < 4.78 is 34.1. The van der Waals surface area contributed by atoms with Crippen molar-refractivity contribution in [3.05, 3.63) is 26.6 Å². The molecular weight excluding hydrogens is 422 g/mol. The van der Waals surface area contributed by atoms with Gasteiger partial charge in [0.1, 0.15) is 0 Å². The van der Waals surface area contributed by atoms with Crippen molar-refractivity contribution in [2.75, 3.05) is 19.7 Å². The maximum absolute atomic E-state index is 12.9. The number of hydrogen-bond acceptors (Lipinski definition) is 3. The summed E-state index contributed by atoms with van der Waals surface area (Å²) in [5.74, 6) is 0. The standard InChI is InChI=1S/C14H19Br2NO3S/c1-3-17(9-11-5-4-6-20-11)21(18,19)14-8-12(15)10(2)7-13(14)16/h7-8,11H,3-6,9H2,1-2H3. The highest BCUT2D eigenvalue weighted by Gasteiger charge is 2.29. The zero-order valence-corrected chi connectivity index (χ0v) is 16.1. The minimum atomic E-state index is -3.53. The van der Waals surface area contributed by atoms with Crippen LogP contribution >= 0.6 is 31.9 Å². The second-order valence-corrected chi connectivity index (χ2v) is 8.74. The van der Waals surface area contributed by atoms with Crippen LogP contribution in [0.1, 0.15) is 25.3 Å². The first-order valence-electron chi connectivity index (χ1n) is 6.93. The summed E-state index contributed by atoms with van der Waals surface area (Å²) in [5.41, 5.74) is 0.989. The Morgan fingerprint density at radius 1 is 1.33 bits per heavy atom. The molecule has 0 amide bonds. The van der Waals surface area contributed by atoms with Crippen molar-refractivity contribution in [2.45, 2.75) is 37.7 Å². The monoisotopic (exact) mass is 439 g/mol. The second-order valence-electron chi connectivity index (χ2n) is 5.12. The fraction of sp³-hybridized carbons (Fsp3) is 0.571. The van der Waals surface area contributed by atoms with Crippen LogP contribution in [0.4, 0.5) is 0 Å². The van der Waals surface area contributed by atoms with E-state index in [0.29, 0.717) is 22.5 Å². The molecule has 21 heavy (non-hydrogen) atoms. The third-order valence-corrected chi connectivity index (χ3v) is 7.37. The molecule has 1 aliphatic heterocycles. The Labute approximate surface area is 143 Å². The molecule has 1 saturated heterocycles. The van der Waals surface area contributed by atoms with E-state index in [-0.39, 0.29) is 6.10 Å². The molecule has 0 aromatic heterocycles. The van der Waals surface area contributed by atoms with Gasteiger partial charge in [-0.25, -0.2) is 8.42 Å². The van der Waals surface area contributed by atoms with Gasteiger partial charge in [0.15, 0.2) is 0 Å². The fourth-order valence-corrected chi connectivity index (χ4v) is 5.50. The molecule has 1 fully saturated rings. The summed E-state index contributed by atoms with van der Waals surface area (Å²) in [5, 5.41) is 0. The van der Waals surface area contributed by atoms with Crippen molar-refractivity contribution in [2.24, 2.45) is 0 Å². The van der Waals surface area contributed by atoms with Crippen molar-refractivity contribution in [1.82, 2.24) is 4.31 Å². The van der Waals surface area contributed by atoms with Gasteiger partial charge in [-0.3, -0.25) is 0 Å². The average molecular weight is 441 g/mol. The number of halogens is 2. The smallest absolute Gasteiger partial charge is 0.244 e. The maximum atomic E-state index is 12.9. The highest BCUT2D eigenvalue weighted by molar-refractivity contribution is 9.11. The normalized spacial score (nSPS) is 19.4. The van der Waals surface area contributed by atoms with Gasteiger partial charge in [-0.2, -0.15) is 4.31 Å². The van der Waals surface area contributed by atoms with Crippen molar-refractivity contribution in [3.63, 3.8) is 0 Å². The Morgan fingerprint density at radius 2 is 2.05 bits per heavy atom. The van der Waals surface area contributed by atoms with Gasteiger partial charge < -0.3 is 4.74 Å². The van der Waals surface area contributed by atoms with E-state index in [4.69, 9.17) is 4.74 Å². The predicted molar refractivity (Wildman–Crippen MR) is 90.0 cm³/mol. The molecule has 1 aromatic carbocycles. The zero-order chi connectivity index (χ0) is 15.6. The van der Waals surface area contributed by atoms with Gasteiger partial charge in [0, 0.05) is 28.6 Å².